The average Bonchev–Trinajstić information content (AvgIpc) is 3.36. The third-order valence-corrected chi connectivity index (χ3v) is 5.86. The molecule has 0 bridgehead atoms. The van der Waals surface area contributed by atoms with Crippen LogP contribution in [0.3, 0.4) is 0 Å². The van der Waals surface area contributed by atoms with E-state index in [0.717, 1.165) is 0 Å². The van der Waals surface area contributed by atoms with Crippen molar-refractivity contribution in [1.29, 1.82) is 0 Å². The summed E-state index contributed by atoms with van der Waals surface area (Å²) in [5.41, 5.74) is 5.07. The molecule has 0 saturated carbocycles. The summed E-state index contributed by atoms with van der Waals surface area (Å²) >= 11 is 0. The fourth-order valence-electron chi connectivity index (χ4n) is 4.39. The molecule has 3 aromatic rings. The van der Waals surface area contributed by atoms with Gasteiger partial charge >= 0.3 is 0 Å². The standard InChI is InChI=1S/C22H18N2O6.CH4O3S/c1-9-13(22(29)24-7-6-10(23)8-24)16-19(27)14-15(20(28)21(16)30-9)18(26)12-5-3-2-4-11(12)17(14)25;1-5(2,3)4/h2-5,10,25-26H,6-8,23H2,1H3;1H3,(H,2,3,4)/t10-;/m0./s1. The number of amides is 1. The number of furan rings is 1. The quantitative estimate of drug-likeness (QED) is 0.220. The highest BCUT2D eigenvalue weighted by Crippen LogP contribution is 2.45. The summed E-state index contributed by atoms with van der Waals surface area (Å²) in [4.78, 5) is 41.2. The van der Waals surface area contributed by atoms with Gasteiger partial charge in [0, 0.05) is 29.9 Å². The molecule has 1 aromatic heterocycles. The Morgan fingerprint density at radius 1 is 1.06 bits per heavy atom. The molecule has 2 aliphatic rings. The number of likely N-dealkylation sites (tertiary alicyclic amines) is 1. The van der Waals surface area contributed by atoms with Crippen molar-refractivity contribution in [2.45, 2.75) is 19.4 Å². The highest BCUT2D eigenvalue weighted by Gasteiger charge is 2.43. The van der Waals surface area contributed by atoms with Crippen LogP contribution in [0.15, 0.2) is 28.7 Å². The van der Waals surface area contributed by atoms with Gasteiger partial charge in [-0.25, -0.2) is 0 Å². The Balaban J connectivity index is 0.000000527. The highest BCUT2D eigenvalue weighted by molar-refractivity contribution is 7.85. The summed E-state index contributed by atoms with van der Waals surface area (Å²) in [6.45, 7) is 2.28. The number of nitrogens with two attached hydrogens (primary N) is 1. The lowest BCUT2D eigenvalue weighted by atomic mass is 9.83. The molecule has 1 saturated heterocycles. The van der Waals surface area contributed by atoms with Crippen molar-refractivity contribution in [3.63, 3.8) is 0 Å². The summed E-state index contributed by atoms with van der Waals surface area (Å²) in [7, 11) is -3.67. The van der Waals surface area contributed by atoms with E-state index in [1.807, 2.05) is 0 Å². The van der Waals surface area contributed by atoms with Crippen LogP contribution in [0.4, 0.5) is 0 Å². The summed E-state index contributed by atoms with van der Waals surface area (Å²) in [5.74, 6) is -2.93. The van der Waals surface area contributed by atoms with E-state index in [9.17, 15) is 33.0 Å². The van der Waals surface area contributed by atoms with Crippen LogP contribution in [-0.4, -0.2) is 70.9 Å². The number of nitrogens with zero attached hydrogens (tertiary/aromatic N) is 1. The maximum Gasteiger partial charge on any atom is 0.261 e. The Bertz CT molecular complexity index is 1510. The number of phenolic OH excluding ortho intramolecular Hbond substituents is 2. The van der Waals surface area contributed by atoms with Gasteiger partial charge in [0.25, 0.3) is 16.0 Å². The van der Waals surface area contributed by atoms with Crippen molar-refractivity contribution in [3.8, 4) is 11.5 Å². The van der Waals surface area contributed by atoms with Crippen LogP contribution in [0.2, 0.25) is 0 Å². The zero-order valence-electron chi connectivity index (χ0n) is 18.7. The van der Waals surface area contributed by atoms with Crippen LogP contribution in [-0.2, 0) is 10.1 Å². The first-order valence-corrected chi connectivity index (χ1v) is 12.3. The van der Waals surface area contributed by atoms with Crippen molar-refractivity contribution < 1.29 is 42.0 Å². The first-order chi connectivity index (χ1) is 16.3. The Labute approximate surface area is 199 Å². The van der Waals surface area contributed by atoms with Gasteiger partial charge in [-0.15, -0.1) is 0 Å². The molecular formula is C23H22N2O9S. The van der Waals surface area contributed by atoms with Crippen LogP contribution >= 0.6 is 0 Å². The smallest absolute Gasteiger partial charge is 0.261 e. The maximum atomic E-state index is 13.4. The molecule has 184 valence electrons. The Morgan fingerprint density at radius 2 is 1.57 bits per heavy atom. The topological polar surface area (TPSA) is 188 Å². The normalized spacial score (nSPS) is 17.1. The lowest BCUT2D eigenvalue weighted by Gasteiger charge is -2.20. The Morgan fingerprint density at radius 3 is 2.06 bits per heavy atom. The molecule has 1 aliphatic carbocycles. The molecule has 1 fully saturated rings. The first kappa shape index (κ1) is 24.4. The van der Waals surface area contributed by atoms with E-state index >= 15 is 0 Å². The van der Waals surface area contributed by atoms with E-state index < -0.39 is 39.1 Å². The molecule has 1 atom stereocenters. The monoisotopic (exact) mass is 502 g/mol. The molecule has 5 rings (SSSR count). The van der Waals surface area contributed by atoms with Gasteiger partial charge in [-0.3, -0.25) is 18.9 Å². The predicted molar refractivity (Wildman–Crippen MR) is 124 cm³/mol. The fourth-order valence-corrected chi connectivity index (χ4v) is 4.39. The van der Waals surface area contributed by atoms with Crippen LogP contribution in [0, 0.1) is 6.92 Å². The highest BCUT2D eigenvalue weighted by atomic mass is 32.2. The SMILES string of the molecule is CS(=O)(=O)O.Cc1oc2c(c1C(=O)N1CC[C@H](N)C1)C(=O)c1c(c(O)c3ccccc3c1O)C2=O. The number of rotatable bonds is 1. The van der Waals surface area contributed by atoms with Crippen molar-refractivity contribution in [1.82, 2.24) is 4.90 Å². The second-order valence-corrected chi connectivity index (χ2v) is 9.89. The van der Waals surface area contributed by atoms with Gasteiger partial charge in [-0.2, -0.15) is 8.42 Å². The fraction of sp³-hybridized carbons (Fsp3) is 0.261. The maximum absolute atomic E-state index is 13.4. The summed E-state index contributed by atoms with van der Waals surface area (Å²) in [6, 6.07) is 6.21. The van der Waals surface area contributed by atoms with E-state index in [2.05, 4.69) is 0 Å². The number of fused-ring (bicyclic) bond motifs is 3. The van der Waals surface area contributed by atoms with Crippen LogP contribution in [0.25, 0.3) is 10.8 Å². The average molecular weight is 503 g/mol. The van der Waals surface area contributed by atoms with E-state index in [4.69, 9.17) is 14.7 Å². The summed E-state index contributed by atoms with van der Waals surface area (Å²) in [5, 5.41) is 22.0. The minimum absolute atomic E-state index is 0.00449. The number of hydrogen-bond donors (Lipinski definition) is 4. The van der Waals surface area contributed by atoms with Crippen LogP contribution in [0.1, 0.15) is 54.6 Å². The van der Waals surface area contributed by atoms with Gasteiger partial charge in [0.15, 0.2) is 5.76 Å². The van der Waals surface area contributed by atoms with E-state index in [-0.39, 0.29) is 50.6 Å². The molecule has 35 heavy (non-hydrogen) atoms. The molecule has 0 radical (unpaired) electrons. The Hall–Kier alpha value is -3.74. The molecule has 11 nitrogen and oxygen atoms in total. The minimum Gasteiger partial charge on any atom is -0.506 e. The van der Waals surface area contributed by atoms with Crippen molar-refractivity contribution in [2.75, 3.05) is 19.3 Å². The zero-order chi connectivity index (χ0) is 25.8. The van der Waals surface area contributed by atoms with Gasteiger partial charge in [-0.1, -0.05) is 24.3 Å². The van der Waals surface area contributed by atoms with Gasteiger partial charge in [0.05, 0.1) is 28.5 Å². The summed E-state index contributed by atoms with van der Waals surface area (Å²) < 4.78 is 31.4. The molecule has 1 amide bonds. The molecule has 12 heteroatoms. The molecule has 1 aliphatic heterocycles. The van der Waals surface area contributed by atoms with E-state index in [1.165, 1.54) is 24.0 Å². The Kier molecular flexibility index (Phi) is 5.91. The molecule has 2 aromatic carbocycles. The van der Waals surface area contributed by atoms with E-state index in [0.29, 0.717) is 25.8 Å². The number of aromatic hydroxyl groups is 2. The number of aryl methyl sites for hydroxylation is 1. The van der Waals surface area contributed by atoms with Gasteiger partial charge < -0.3 is 25.3 Å². The lowest BCUT2D eigenvalue weighted by Crippen LogP contribution is -2.33. The summed E-state index contributed by atoms with van der Waals surface area (Å²) in [6.07, 6.45) is 1.36. The minimum atomic E-state index is -3.67. The predicted octanol–water partition coefficient (Wildman–Crippen LogP) is 1.61. The number of ketones is 2. The number of hydrogen-bond acceptors (Lipinski definition) is 9. The second kappa shape index (κ2) is 8.48. The first-order valence-electron chi connectivity index (χ1n) is 10.5. The van der Waals surface area contributed by atoms with Crippen molar-refractivity contribution in [2.24, 2.45) is 5.73 Å². The van der Waals surface area contributed by atoms with Gasteiger partial charge in [0.2, 0.25) is 11.6 Å². The largest absolute Gasteiger partial charge is 0.506 e. The number of carbonyl (C=O) groups is 3. The van der Waals surface area contributed by atoms with E-state index in [1.54, 1.807) is 12.1 Å². The second-order valence-electron chi connectivity index (χ2n) is 8.42. The van der Waals surface area contributed by atoms with Gasteiger partial charge in [0.1, 0.15) is 17.3 Å². The number of benzene rings is 2. The van der Waals surface area contributed by atoms with Crippen molar-refractivity contribution in [3.05, 3.63) is 58.0 Å². The number of phenols is 2. The molecule has 5 N–H and O–H groups in total. The van der Waals surface area contributed by atoms with Crippen LogP contribution in [0.5, 0.6) is 11.5 Å². The van der Waals surface area contributed by atoms with Gasteiger partial charge in [-0.05, 0) is 13.3 Å². The lowest BCUT2D eigenvalue weighted by molar-refractivity contribution is 0.0784. The third-order valence-electron chi connectivity index (χ3n) is 5.86. The zero-order valence-corrected chi connectivity index (χ0v) is 19.5. The molecule has 0 unspecified atom stereocenters. The van der Waals surface area contributed by atoms with Crippen molar-refractivity contribution >= 4 is 38.4 Å². The third kappa shape index (κ3) is 4.16. The molecule has 0 spiro atoms. The molecular weight excluding hydrogens is 480 g/mol. The number of carbonyl (C=O) groups excluding carboxylic acids is 3. The molecule has 2 heterocycles. The van der Waals surface area contributed by atoms with Crippen LogP contribution < -0.4 is 5.73 Å².